The zero-order chi connectivity index (χ0) is 24.1. The van der Waals surface area contributed by atoms with Gasteiger partial charge in [0.1, 0.15) is 5.82 Å². The predicted molar refractivity (Wildman–Crippen MR) is 106 cm³/mol. The molecule has 1 N–H and O–H groups in total. The Morgan fingerprint density at radius 1 is 1.09 bits per heavy atom. The van der Waals surface area contributed by atoms with E-state index in [1.165, 1.54) is 0 Å². The summed E-state index contributed by atoms with van der Waals surface area (Å²) in [6.45, 7) is -3.93. The van der Waals surface area contributed by atoms with Crippen molar-refractivity contribution in [2.24, 2.45) is 0 Å². The van der Waals surface area contributed by atoms with Crippen LogP contribution in [0.15, 0.2) is 41.3 Å². The molecule has 0 bridgehead atoms. The molecule has 0 radical (unpaired) electrons. The summed E-state index contributed by atoms with van der Waals surface area (Å²) in [5, 5.41) is 2.27. The predicted octanol–water partition coefficient (Wildman–Crippen LogP) is 2.48. The number of carbonyl (C=O) groups excluding carboxylic acids is 2. The second-order valence-electron chi connectivity index (χ2n) is 6.18. The molecule has 0 atom stereocenters. The van der Waals surface area contributed by atoms with Crippen LogP contribution in [0.1, 0.15) is 10.4 Å². The normalized spacial score (nSPS) is 11.4. The van der Waals surface area contributed by atoms with E-state index in [1.807, 2.05) is 0 Å². The van der Waals surface area contributed by atoms with Gasteiger partial charge in [-0.05, 0) is 24.3 Å². The van der Waals surface area contributed by atoms with Crippen LogP contribution >= 0.6 is 0 Å². The van der Waals surface area contributed by atoms with Crippen LogP contribution in [-0.4, -0.2) is 59.0 Å². The number of alkyl halides is 2. The molecule has 0 saturated heterocycles. The number of ether oxygens (including phenoxy) is 3. The molecule has 0 aliphatic heterocycles. The monoisotopic (exact) mass is 476 g/mol. The number of methoxy groups -OCH3 is 2. The van der Waals surface area contributed by atoms with Gasteiger partial charge in [-0.1, -0.05) is 0 Å². The summed E-state index contributed by atoms with van der Waals surface area (Å²) in [6.07, 6.45) is 0. The van der Waals surface area contributed by atoms with Gasteiger partial charge in [0.2, 0.25) is 15.9 Å². The number of benzene rings is 2. The highest BCUT2D eigenvalue weighted by Gasteiger charge is 2.25. The first-order valence-electron chi connectivity index (χ1n) is 8.76. The van der Waals surface area contributed by atoms with E-state index in [1.54, 1.807) is 0 Å². The molecule has 2 aromatic rings. The lowest BCUT2D eigenvalue weighted by Crippen LogP contribution is -2.35. The van der Waals surface area contributed by atoms with Crippen molar-refractivity contribution in [3.63, 3.8) is 0 Å². The van der Waals surface area contributed by atoms with Crippen LogP contribution in [0.5, 0.6) is 11.5 Å². The fraction of sp³-hybridized carbons (Fsp3) is 0.263. The zero-order valence-corrected chi connectivity index (χ0v) is 17.9. The number of hydrogen-bond acceptors (Lipinski definition) is 7. The van der Waals surface area contributed by atoms with Gasteiger partial charge in [0.15, 0.2) is 11.5 Å². The molecule has 0 fully saturated rings. The third-order valence-corrected chi connectivity index (χ3v) is 5.90. The first-order chi connectivity index (χ1) is 15.0. The van der Waals surface area contributed by atoms with Crippen LogP contribution in [-0.2, 0) is 19.6 Å². The third kappa shape index (κ3) is 5.88. The van der Waals surface area contributed by atoms with Gasteiger partial charge in [-0.2, -0.15) is 13.1 Å². The van der Waals surface area contributed by atoms with E-state index in [0.29, 0.717) is 4.31 Å². The van der Waals surface area contributed by atoms with Crippen LogP contribution in [0.25, 0.3) is 0 Å². The Hall–Kier alpha value is -3.32. The number of carbonyl (C=O) groups is 2. The molecule has 0 heterocycles. The van der Waals surface area contributed by atoms with E-state index in [2.05, 4.69) is 14.8 Å². The Bertz CT molecular complexity index is 1090. The summed E-state index contributed by atoms with van der Waals surface area (Å²) in [6, 6.07) is 5.91. The zero-order valence-electron chi connectivity index (χ0n) is 17.1. The first-order valence-corrected chi connectivity index (χ1v) is 10.2. The molecule has 0 saturated carbocycles. The number of likely N-dealkylation sites (N-methyl/N-ethyl adjacent to an activating group) is 1. The standard InChI is InChI=1S/C19H19F3N2O7S/c1-24(32(27,28)12-6-4-11(20)5-7-12)10-17(25)23-14-9-16(31-19(21)22)15(29-2)8-13(14)18(26)30-3/h4-9,19H,10H2,1-3H3,(H,23,25). The van der Waals surface area contributed by atoms with Gasteiger partial charge in [0.25, 0.3) is 0 Å². The third-order valence-electron chi connectivity index (χ3n) is 4.09. The average molecular weight is 476 g/mol. The van der Waals surface area contributed by atoms with Crippen LogP contribution in [0.4, 0.5) is 18.9 Å². The second kappa shape index (κ2) is 10.3. The Balaban J connectivity index is 2.30. The molecule has 2 rings (SSSR count). The van der Waals surface area contributed by atoms with Gasteiger partial charge in [-0.25, -0.2) is 17.6 Å². The molecule has 1 amide bonds. The van der Waals surface area contributed by atoms with Crippen molar-refractivity contribution < 1.29 is 45.4 Å². The number of amides is 1. The Morgan fingerprint density at radius 2 is 1.72 bits per heavy atom. The van der Waals surface area contributed by atoms with Gasteiger partial charge < -0.3 is 19.5 Å². The maximum atomic E-state index is 13.1. The summed E-state index contributed by atoms with van der Waals surface area (Å²) in [4.78, 5) is 24.3. The molecule has 0 spiro atoms. The Labute approximate surface area is 181 Å². The fourth-order valence-electron chi connectivity index (χ4n) is 2.55. The molecule has 2 aromatic carbocycles. The smallest absolute Gasteiger partial charge is 0.387 e. The maximum absolute atomic E-state index is 13.1. The van der Waals surface area contributed by atoms with E-state index in [9.17, 15) is 31.2 Å². The van der Waals surface area contributed by atoms with Crippen LogP contribution in [0.3, 0.4) is 0 Å². The van der Waals surface area contributed by atoms with Crippen LogP contribution < -0.4 is 14.8 Å². The van der Waals surface area contributed by atoms with Crippen LogP contribution in [0, 0.1) is 5.82 Å². The molecular formula is C19H19F3N2O7S. The summed E-state index contributed by atoms with van der Waals surface area (Å²) in [5.41, 5.74) is -0.519. The molecule has 0 aliphatic rings. The highest BCUT2D eigenvalue weighted by molar-refractivity contribution is 7.89. The topological polar surface area (TPSA) is 111 Å². The average Bonchev–Trinajstić information content (AvgIpc) is 2.73. The molecular weight excluding hydrogens is 457 g/mol. The highest BCUT2D eigenvalue weighted by Crippen LogP contribution is 2.35. The van der Waals surface area contributed by atoms with E-state index < -0.39 is 46.6 Å². The van der Waals surface area contributed by atoms with E-state index in [0.717, 1.165) is 57.7 Å². The minimum absolute atomic E-state index is 0.222. The minimum atomic E-state index is -4.14. The van der Waals surface area contributed by atoms with Crippen LogP contribution in [0.2, 0.25) is 0 Å². The molecule has 32 heavy (non-hydrogen) atoms. The van der Waals surface area contributed by atoms with Crippen molar-refractivity contribution in [1.29, 1.82) is 0 Å². The minimum Gasteiger partial charge on any atom is -0.493 e. The maximum Gasteiger partial charge on any atom is 0.387 e. The van der Waals surface area contributed by atoms with Crippen molar-refractivity contribution in [3.05, 3.63) is 47.8 Å². The lowest BCUT2D eigenvalue weighted by molar-refractivity contribution is -0.116. The lowest BCUT2D eigenvalue weighted by atomic mass is 10.1. The van der Waals surface area contributed by atoms with Crippen molar-refractivity contribution in [2.45, 2.75) is 11.5 Å². The molecule has 9 nitrogen and oxygen atoms in total. The van der Waals surface area contributed by atoms with Crippen molar-refractivity contribution in [3.8, 4) is 11.5 Å². The number of hydrogen-bond donors (Lipinski definition) is 1. The van der Waals surface area contributed by atoms with E-state index in [-0.39, 0.29) is 21.9 Å². The fourth-order valence-corrected chi connectivity index (χ4v) is 3.68. The van der Waals surface area contributed by atoms with Gasteiger partial charge in [-0.15, -0.1) is 0 Å². The lowest BCUT2D eigenvalue weighted by Gasteiger charge is -2.18. The first kappa shape index (κ1) is 24.9. The number of anilines is 1. The SMILES string of the molecule is COC(=O)c1cc(OC)c(OC(F)F)cc1NC(=O)CN(C)S(=O)(=O)c1ccc(F)cc1. The van der Waals surface area contributed by atoms with E-state index in [4.69, 9.17) is 4.74 Å². The largest absolute Gasteiger partial charge is 0.493 e. The number of sulfonamides is 1. The van der Waals surface area contributed by atoms with Gasteiger partial charge >= 0.3 is 12.6 Å². The summed E-state index contributed by atoms with van der Waals surface area (Å²) in [7, 11) is -0.811. The quantitative estimate of drug-likeness (QED) is 0.554. The van der Waals surface area contributed by atoms with E-state index >= 15 is 0 Å². The molecule has 0 aromatic heterocycles. The number of esters is 1. The Kier molecular flexibility index (Phi) is 8.05. The summed E-state index contributed by atoms with van der Waals surface area (Å²) in [5.74, 6) is -3.16. The molecule has 0 unspecified atom stereocenters. The van der Waals surface area contributed by atoms with Gasteiger partial charge in [0, 0.05) is 19.2 Å². The number of nitrogens with zero attached hydrogens (tertiary/aromatic N) is 1. The summed E-state index contributed by atoms with van der Waals surface area (Å²) < 4.78 is 78.1. The summed E-state index contributed by atoms with van der Waals surface area (Å²) >= 11 is 0. The molecule has 13 heteroatoms. The highest BCUT2D eigenvalue weighted by atomic mass is 32.2. The van der Waals surface area contributed by atoms with Crippen molar-refractivity contribution in [1.82, 2.24) is 4.31 Å². The number of rotatable bonds is 9. The number of nitrogens with one attached hydrogen (secondary N) is 1. The Morgan fingerprint density at radius 3 is 2.25 bits per heavy atom. The van der Waals surface area contributed by atoms with Crippen molar-refractivity contribution in [2.75, 3.05) is 33.1 Å². The van der Waals surface area contributed by atoms with Gasteiger partial charge in [0.05, 0.1) is 36.9 Å². The van der Waals surface area contributed by atoms with Gasteiger partial charge in [-0.3, -0.25) is 4.79 Å². The second-order valence-corrected chi connectivity index (χ2v) is 8.23. The number of halogens is 3. The molecule has 0 aliphatic carbocycles. The molecule has 174 valence electrons. The van der Waals surface area contributed by atoms with Crippen molar-refractivity contribution >= 4 is 27.6 Å².